The van der Waals surface area contributed by atoms with Gasteiger partial charge in [-0.05, 0) is 53.6 Å². The van der Waals surface area contributed by atoms with E-state index >= 15 is 0 Å². The van der Waals surface area contributed by atoms with Crippen molar-refractivity contribution in [1.82, 2.24) is 0 Å². The van der Waals surface area contributed by atoms with Crippen LogP contribution in [-0.4, -0.2) is 25.9 Å². The van der Waals surface area contributed by atoms with Crippen LogP contribution in [0, 0.1) is 3.57 Å². The summed E-state index contributed by atoms with van der Waals surface area (Å²) in [5.41, 5.74) is 0.385. The van der Waals surface area contributed by atoms with Crippen LogP contribution in [0.25, 0.3) is 0 Å². The SMILES string of the molecule is O=S(=O)(CCCCO)Nc1ccc(I)cc1Cl. The second kappa shape index (κ2) is 6.77. The summed E-state index contributed by atoms with van der Waals surface area (Å²) in [5, 5.41) is 8.97. The molecule has 0 unspecified atom stereocenters. The second-order valence-electron chi connectivity index (χ2n) is 3.48. The second-order valence-corrected chi connectivity index (χ2v) is 6.97. The van der Waals surface area contributed by atoms with Gasteiger partial charge in [-0.3, -0.25) is 4.72 Å². The number of nitrogens with one attached hydrogen (secondary N) is 1. The van der Waals surface area contributed by atoms with Gasteiger partial charge in [-0.25, -0.2) is 8.42 Å². The maximum absolute atomic E-state index is 11.7. The first kappa shape index (κ1) is 15.0. The molecule has 1 aromatic carbocycles. The van der Waals surface area contributed by atoms with Crippen molar-refractivity contribution in [2.75, 3.05) is 17.1 Å². The first-order valence-corrected chi connectivity index (χ1v) is 8.12. The first-order valence-electron chi connectivity index (χ1n) is 5.01. The minimum atomic E-state index is -3.39. The van der Waals surface area contributed by atoms with Crippen LogP contribution in [0.5, 0.6) is 0 Å². The zero-order valence-corrected chi connectivity index (χ0v) is 12.7. The standard InChI is InChI=1S/C10H13ClINO3S/c11-9-7-8(12)3-4-10(9)13-17(15,16)6-2-1-5-14/h3-4,7,13-14H,1-2,5-6H2. The van der Waals surface area contributed by atoms with Crippen molar-refractivity contribution in [1.29, 1.82) is 0 Å². The molecule has 0 amide bonds. The minimum absolute atomic E-state index is 0.000190. The zero-order valence-electron chi connectivity index (χ0n) is 8.99. The topological polar surface area (TPSA) is 66.4 Å². The third-order valence-corrected chi connectivity index (χ3v) is 4.36. The van der Waals surface area contributed by atoms with Gasteiger partial charge in [0.25, 0.3) is 0 Å². The third-order valence-electron chi connectivity index (χ3n) is 2.02. The Labute approximate surface area is 120 Å². The van der Waals surface area contributed by atoms with Crippen molar-refractivity contribution in [3.63, 3.8) is 0 Å². The van der Waals surface area contributed by atoms with Crippen LogP contribution in [0.3, 0.4) is 0 Å². The number of hydrogen-bond acceptors (Lipinski definition) is 3. The van der Waals surface area contributed by atoms with Crippen molar-refractivity contribution < 1.29 is 13.5 Å². The number of anilines is 1. The van der Waals surface area contributed by atoms with E-state index in [1.165, 1.54) is 0 Å². The highest BCUT2D eigenvalue weighted by molar-refractivity contribution is 14.1. The number of hydrogen-bond donors (Lipinski definition) is 2. The first-order chi connectivity index (χ1) is 7.94. The molecule has 0 atom stereocenters. The predicted octanol–water partition coefficient (Wildman–Crippen LogP) is 2.46. The molecular weight excluding hydrogens is 377 g/mol. The molecule has 0 aliphatic heterocycles. The summed E-state index contributed by atoms with van der Waals surface area (Å²) in [4.78, 5) is 0. The van der Waals surface area contributed by atoms with Gasteiger partial charge in [0.1, 0.15) is 0 Å². The largest absolute Gasteiger partial charge is 0.396 e. The Hall–Kier alpha value is -0.0500. The lowest BCUT2D eigenvalue weighted by atomic mass is 10.3. The van der Waals surface area contributed by atoms with Crippen molar-refractivity contribution in [3.8, 4) is 0 Å². The number of benzene rings is 1. The highest BCUT2D eigenvalue weighted by atomic mass is 127. The molecule has 1 aromatic rings. The van der Waals surface area contributed by atoms with E-state index in [1.54, 1.807) is 18.2 Å². The fourth-order valence-corrected chi connectivity index (χ4v) is 3.35. The fraction of sp³-hybridized carbons (Fsp3) is 0.400. The number of halogens is 2. The highest BCUT2D eigenvalue weighted by Gasteiger charge is 2.12. The van der Waals surface area contributed by atoms with Crippen LogP contribution < -0.4 is 4.72 Å². The molecule has 0 radical (unpaired) electrons. The van der Waals surface area contributed by atoms with E-state index in [9.17, 15) is 8.42 Å². The molecule has 0 aliphatic carbocycles. The lowest BCUT2D eigenvalue weighted by Gasteiger charge is -2.09. The van der Waals surface area contributed by atoms with E-state index in [4.69, 9.17) is 16.7 Å². The van der Waals surface area contributed by atoms with E-state index in [1.807, 2.05) is 0 Å². The van der Waals surface area contributed by atoms with Crippen LogP contribution in [0.1, 0.15) is 12.8 Å². The highest BCUT2D eigenvalue weighted by Crippen LogP contribution is 2.24. The van der Waals surface area contributed by atoms with Crippen LogP contribution in [-0.2, 0) is 10.0 Å². The molecule has 2 N–H and O–H groups in total. The van der Waals surface area contributed by atoms with Crippen molar-refractivity contribution in [3.05, 3.63) is 26.8 Å². The van der Waals surface area contributed by atoms with Gasteiger partial charge in [0, 0.05) is 10.2 Å². The summed E-state index contributed by atoms with van der Waals surface area (Å²) >= 11 is 8.02. The van der Waals surface area contributed by atoms with E-state index < -0.39 is 10.0 Å². The molecule has 0 heterocycles. The van der Waals surface area contributed by atoms with Crippen LogP contribution in [0.4, 0.5) is 5.69 Å². The van der Waals surface area contributed by atoms with Crippen molar-refractivity contribution in [2.45, 2.75) is 12.8 Å². The van der Waals surface area contributed by atoms with Crippen molar-refractivity contribution >= 4 is 49.9 Å². The molecule has 1 rings (SSSR count). The van der Waals surface area contributed by atoms with Gasteiger partial charge in [0.15, 0.2) is 0 Å². The van der Waals surface area contributed by atoms with E-state index in [2.05, 4.69) is 27.3 Å². The molecule has 0 spiro atoms. The van der Waals surface area contributed by atoms with Crippen LogP contribution in [0.2, 0.25) is 5.02 Å². The Kier molecular flexibility index (Phi) is 5.98. The normalized spacial score (nSPS) is 11.5. The predicted molar refractivity (Wildman–Crippen MR) is 77.9 cm³/mol. The summed E-state index contributed by atoms with van der Waals surface area (Å²) in [6.07, 6.45) is 0.898. The maximum Gasteiger partial charge on any atom is 0.232 e. The molecule has 0 saturated carbocycles. The average Bonchev–Trinajstić information content (AvgIpc) is 2.22. The van der Waals surface area contributed by atoms with Gasteiger partial charge in [-0.15, -0.1) is 0 Å². The molecule has 7 heteroatoms. The molecule has 0 saturated heterocycles. The van der Waals surface area contributed by atoms with Gasteiger partial charge >= 0.3 is 0 Å². The Morgan fingerprint density at radius 2 is 2.06 bits per heavy atom. The summed E-state index contributed by atoms with van der Waals surface area (Å²) in [6.45, 7) is -0.000190. The van der Waals surface area contributed by atoms with E-state index in [0.717, 1.165) is 3.57 Å². The lowest BCUT2D eigenvalue weighted by Crippen LogP contribution is -2.17. The van der Waals surface area contributed by atoms with Crippen LogP contribution >= 0.6 is 34.2 Å². The quantitative estimate of drug-likeness (QED) is 0.580. The van der Waals surface area contributed by atoms with Gasteiger partial charge in [0.05, 0.1) is 16.5 Å². The Morgan fingerprint density at radius 3 is 2.65 bits per heavy atom. The smallest absolute Gasteiger partial charge is 0.232 e. The summed E-state index contributed by atoms with van der Waals surface area (Å²) in [5.74, 6) is -0.0180. The number of aliphatic hydroxyl groups excluding tert-OH is 1. The number of sulfonamides is 1. The van der Waals surface area contributed by atoms with Gasteiger partial charge in [-0.2, -0.15) is 0 Å². The third kappa shape index (κ3) is 5.41. The fourth-order valence-electron chi connectivity index (χ4n) is 1.19. The average molecular weight is 390 g/mol. The maximum atomic E-state index is 11.7. The summed E-state index contributed by atoms with van der Waals surface area (Å²) in [6, 6.07) is 5.10. The van der Waals surface area contributed by atoms with Crippen molar-refractivity contribution in [2.24, 2.45) is 0 Å². The van der Waals surface area contributed by atoms with E-state index in [0.29, 0.717) is 23.6 Å². The molecule has 0 bridgehead atoms. The Bertz CT molecular complexity index is 478. The molecule has 4 nitrogen and oxygen atoms in total. The van der Waals surface area contributed by atoms with Gasteiger partial charge in [-0.1, -0.05) is 11.6 Å². The van der Waals surface area contributed by atoms with Gasteiger partial charge in [0.2, 0.25) is 10.0 Å². The van der Waals surface area contributed by atoms with E-state index in [-0.39, 0.29) is 12.4 Å². The molecule has 0 aromatic heterocycles. The number of aliphatic hydroxyl groups is 1. The molecule has 17 heavy (non-hydrogen) atoms. The zero-order chi connectivity index (χ0) is 12.9. The summed E-state index contributed by atoms with van der Waals surface area (Å²) in [7, 11) is -3.39. The lowest BCUT2D eigenvalue weighted by molar-refractivity contribution is 0.287. The van der Waals surface area contributed by atoms with Gasteiger partial charge < -0.3 is 5.11 Å². The Morgan fingerprint density at radius 1 is 1.35 bits per heavy atom. The number of unbranched alkanes of at least 4 members (excludes halogenated alkanes) is 1. The van der Waals surface area contributed by atoms with Crippen LogP contribution in [0.15, 0.2) is 18.2 Å². The number of rotatable bonds is 6. The molecule has 96 valence electrons. The molecule has 0 aliphatic rings. The minimum Gasteiger partial charge on any atom is -0.396 e. The monoisotopic (exact) mass is 389 g/mol. The molecule has 0 fully saturated rings. The Balaban J connectivity index is 2.69. The summed E-state index contributed by atoms with van der Waals surface area (Å²) < 4.78 is 26.7. The molecular formula is C10H13ClINO3S.